The minimum absolute atomic E-state index is 0.708. The number of hydrogen-bond acceptors (Lipinski definition) is 2. The van der Waals surface area contributed by atoms with Gasteiger partial charge in [-0.1, -0.05) is 44.2 Å². The zero-order valence-corrected chi connectivity index (χ0v) is 12.4. The summed E-state index contributed by atoms with van der Waals surface area (Å²) in [7, 11) is 1.02. The van der Waals surface area contributed by atoms with Gasteiger partial charge in [0.05, 0.1) is 6.61 Å². The highest BCUT2D eigenvalue weighted by Crippen LogP contribution is 2.11. The van der Waals surface area contributed by atoms with Crippen LogP contribution in [0.3, 0.4) is 0 Å². The minimum Gasteiger partial charge on any atom is -0.412 e. The Labute approximate surface area is 112 Å². The quantitative estimate of drug-likeness (QED) is 0.629. The third-order valence-electron chi connectivity index (χ3n) is 2.74. The molecule has 0 aliphatic carbocycles. The molecule has 2 nitrogen and oxygen atoms in total. The fourth-order valence-electron chi connectivity index (χ4n) is 1.76. The molecule has 3 heteroatoms. The zero-order valence-electron chi connectivity index (χ0n) is 11.4. The maximum absolute atomic E-state index is 6.06. The molecule has 0 unspecified atom stereocenters. The van der Waals surface area contributed by atoms with E-state index in [1.807, 2.05) is 6.08 Å². The van der Waals surface area contributed by atoms with Gasteiger partial charge in [0.2, 0.25) is 9.04 Å². The van der Waals surface area contributed by atoms with Gasteiger partial charge in [-0.15, -0.1) is 0 Å². The van der Waals surface area contributed by atoms with E-state index in [0.717, 1.165) is 18.2 Å². The standard InChI is InChI=1S/C15H23O2Si/c1-4-10-18(11-9-16-3)17-13-15-8-6-7-14(5-2)12-15/h5-8,12H,2,4,9-11,13H2,1,3H3. The van der Waals surface area contributed by atoms with Crippen LogP contribution in [0, 0.1) is 0 Å². The summed E-state index contributed by atoms with van der Waals surface area (Å²) in [6.07, 6.45) is 3.05. The molecule has 1 radical (unpaired) electrons. The topological polar surface area (TPSA) is 18.5 Å². The second kappa shape index (κ2) is 9.08. The lowest BCUT2D eigenvalue weighted by Gasteiger charge is -2.14. The Balaban J connectivity index is 2.46. The van der Waals surface area contributed by atoms with Crippen molar-refractivity contribution in [1.29, 1.82) is 0 Å². The van der Waals surface area contributed by atoms with Crippen molar-refractivity contribution in [2.45, 2.75) is 32.0 Å². The molecule has 0 fully saturated rings. The summed E-state index contributed by atoms with van der Waals surface area (Å²) in [5, 5.41) is 0. The van der Waals surface area contributed by atoms with E-state index in [2.05, 4.69) is 37.8 Å². The second-order valence-electron chi connectivity index (χ2n) is 4.27. The molecule has 1 aromatic rings. The SMILES string of the molecule is C=Cc1cccc(CO[Si](CCC)CCOC)c1. The lowest BCUT2D eigenvalue weighted by molar-refractivity contribution is 0.207. The van der Waals surface area contributed by atoms with Crippen molar-refractivity contribution in [3.63, 3.8) is 0 Å². The fourth-order valence-corrected chi connectivity index (χ4v) is 3.66. The summed E-state index contributed by atoms with van der Waals surface area (Å²) in [4.78, 5) is 0. The van der Waals surface area contributed by atoms with Crippen molar-refractivity contribution in [3.05, 3.63) is 42.0 Å². The first-order valence-electron chi connectivity index (χ1n) is 6.48. The fraction of sp³-hybridized carbons (Fsp3) is 0.467. The monoisotopic (exact) mass is 263 g/mol. The molecule has 0 aromatic heterocycles. The average Bonchev–Trinajstić information content (AvgIpc) is 2.42. The highest BCUT2D eigenvalue weighted by Gasteiger charge is 2.12. The predicted octanol–water partition coefficient (Wildman–Crippen LogP) is 3.89. The molecule has 0 heterocycles. The van der Waals surface area contributed by atoms with Crippen LogP contribution in [0.4, 0.5) is 0 Å². The third-order valence-corrected chi connectivity index (χ3v) is 5.12. The van der Waals surface area contributed by atoms with Crippen LogP contribution in [0.5, 0.6) is 0 Å². The Bertz CT molecular complexity index is 352. The normalized spacial score (nSPS) is 10.8. The molecular weight excluding hydrogens is 240 g/mol. The van der Waals surface area contributed by atoms with Crippen molar-refractivity contribution >= 4 is 15.1 Å². The van der Waals surface area contributed by atoms with E-state index in [-0.39, 0.29) is 0 Å². The first kappa shape index (κ1) is 15.2. The summed E-state index contributed by atoms with van der Waals surface area (Å²) < 4.78 is 11.2. The largest absolute Gasteiger partial charge is 0.412 e. The molecule has 0 saturated heterocycles. The Morgan fingerprint density at radius 1 is 1.33 bits per heavy atom. The van der Waals surface area contributed by atoms with Crippen LogP contribution >= 0.6 is 0 Å². The number of ether oxygens (including phenoxy) is 1. The second-order valence-corrected chi connectivity index (χ2v) is 6.64. The number of rotatable bonds is 9. The molecule has 0 aliphatic heterocycles. The first-order valence-corrected chi connectivity index (χ1v) is 8.30. The van der Waals surface area contributed by atoms with Crippen molar-refractivity contribution in [1.82, 2.24) is 0 Å². The first-order chi connectivity index (χ1) is 8.80. The predicted molar refractivity (Wildman–Crippen MR) is 78.9 cm³/mol. The van der Waals surface area contributed by atoms with E-state index in [1.54, 1.807) is 7.11 Å². The van der Waals surface area contributed by atoms with Gasteiger partial charge >= 0.3 is 0 Å². The van der Waals surface area contributed by atoms with Crippen molar-refractivity contribution < 1.29 is 9.16 Å². The molecule has 1 rings (SSSR count). The summed E-state index contributed by atoms with van der Waals surface area (Å²) in [5.41, 5.74) is 2.38. The highest BCUT2D eigenvalue weighted by molar-refractivity contribution is 6.51. The zero-order chi connectivity index (χ0) is 13.2. The van der Waals surface area contributed by atoms with Gasteiger partial charge in [-0.3, -0.25) is 0 Å². The Hall–Kier alpha value is -0.903. The molecule has 99 valence electrons. The van der Waals surface area contributed by atoms with Crippen molar-refractivity contribution in [3.8, 4) is 0 Å². The molecular formula is C15H23O2Si. The molecule has 0 saturated carbocycles. The molecule has 0 aliphatic rings. The summed E-state index contributed by atoms with van der Waals surface area (Å²) in [6.45, 7) is 7.51. The van der Waals surface area contributed by atoms with Crippen LogP contribution in [-0.4, -0.2) is 22.8 Å². The van der Waals surface area contributed by atoms with Gasteiger partial charge in [0.15, 0.2) is 0 Å². The average molecular weight is 263 g/mol. The third kappa shape index (κ3) is 5.62. The van der Waals surface area contributed by atoms with E-state index in [1.165, 1.54) is 18.0 Å². The summed E-state index contributed by atoms with van der Waals surface area (Å²) in [6, 6.07) is 10.6. The number of hydrogen-bond donors (Lipinski definition) is 0. The molecule has 18 heavy (non-hydrogen) atoms. The van der Waals surface area contributed by atoms with Gasteiger partial charge in [0.1, 0.15) is 0 Å². The van der Waals surface area contributed by atoms with Crippen LogP contribution < -0.4 is 0 Å². The van der Waals surface area contributed by atoms with E-state index in [4.69, 9.17) is 9.16 Å². The molecule has 0 amide bonds. The van der Waals surface area contributed by atoms with Crippen LogP contribution in [-0.2, 0) is 15.8 Å². The summed E-state index contributed by atoms with van der Waals surface area (Å²) in [5.74, 6) is 0. The smallest absolute Gasteiger partial charge is 0.214 e. The number of methoxy groups -OCH3 is 1. The van der Waals surface area contributed by atoms with E-state index < -0.39 is 9.04 Å². The van der Waals surface area contributed by atoms with Gasteiger partial charge in [0.25, 0.3) is 0 Å². The summed E-state index contributed by atoms with van der Waals surface area (Å²) >= 11 is 0. The molecule has 0 atom stereocenters. The Kier molecular flexibility index (Phi) is 7.65. The van der Waals surface area contributed by atoms with Crippen LogP contribution in [0.15, 0.2) is 30.8 Å². The molecule has 0 N–H and O–H groups in total. The lowest BCUT2D eigenvalue weighted by Crippen LogP contribution is -2.19. The van der Waals surface area contributed by atoms with Crippen molar-refractivity contribution in [2.24, 2.45) is 0 Å². The minimum atomic E-state index is -0.726. The maximum Gasteiger partial charge on any atom is 0.214 e. The van der Waals surface area contributed by atoms with Crippen LogP contribution in [0.2, 0.25) is 12.1 Å². The Morgan fingerprint density at radius 2 is 2.17 bits per heavy atom. The van der Waals surface area contributed by atoms with E-state index >= 15 is 0 Å². The van der Waals surface area contributed by atoms with Gasteiger partial charge in [-0.25, -0.2) is 0 Å². The van der Waals surface area contributed by atoms with Gasteiger partial charge < -0.3 is 9.16 Å². The van der Waals surface area contributed by atoms with Gasteiger partial charge in [-0.2, -0.15) is 0 Å². The van der Waals surface area contributed by atoms with Crippen LogP contribution in [0.25, 0.3) is 6.08 Å². The molecule has 0 bridgehead atoms. The lowest BCUT2D eigenvalue weighted by atomic mass is 10.1. The van der Waals surface area contributed by atoms with Gasteiger partial charge in [-0.05, 0) is 29.3 Å². The van der Waals surface area contributed by atoms with E-state index in [0.29, 0.717) is 6.61 Å². The highest BCUT2D eigenvalue weighted by atomic mass is 28.3. The van der Waals surface area contributed by atoms with Gasteiger partial charge in [0, 0.05) is 13.7 Å². The number of benzene rings is 1. The molecule has 0 spiro atoms. The molecule has 1 aromatic carbocycles. The van der Waals surface area contributed by atoms with Crippen molar-refractivity contribution in [2.75, 3.05) is 13.7 Å². The maximum atomic E-state index is 6.06. The Morgan fingerprint density at radius 3 is 2.83 bits per heavy atom. The van der Waals surface area contributed by atoms with E-state index in [9.17, 15) is 0 Å². The van der Waals surface area contributed by atoms with Crippen LogP contribution in [0.1, 0.15) is 24.5 Å².